The first-order valence-corrected chi connectivity index (χ1v) is 7.77. The van der Waals surface area contributed by atoms with Crippen LogP contribution in [0.2, 0.25) is 0 Å². The van der Waals surface area contributed by atoms with E-state index >= 15 is 0 Å². The molecule has 0 saturated carbocycles. The van der Waals surface area contributed by atoms with E-state index in [1.807, 2.05) is 72.8 Å². The zero-order chi connectivity index (χ0) is 16.4. The maximum atomic E-state index is 13.1. The third kappa shape index (κ3) is 2.48. The third-order valence-corrected chi connectivity index (χ3v) is 4.05. The highest BCUT2D eigenvalue weighted by Crippen LogP contribution is 2.32. The molecule has 1 aliphatic heterocycles. The molecule has 4 rings (SSSR count). The van der Waals surface area contributed by atoms with Gasteiger partial charge in [0.1, 0.15) is 5.92 Å². The van der Waals surface area contributed by atoms with Crippen LogP contribution in [0.5, 0.6) is 0 Å². The van der Waals surface area contributed by atoms with E-state index in [4.69, 9.17) is 0 Å². The summed E-state index contributed by atoms with van der Waals surface area (Å²) in [5.41, 5.74) is 3.37. The number of hydrazone groups is 1. The van der Waals surface area contributed by atoms with Crippen molar-refractivity contribution in [2.45, 2.75) is 5.92 Å². The van der Waals surface area contributed by atoms with Crippen molar-refractivity contribution in [3.63, 3.8) is 0 Å². The summed E-state index contributed by atoms with van der Waals surface area (Å²) in [5, 5.41) is 6.13. The van der Waals surface area contributed by atoms with Gasteiger partial charge in [-0.15, -0.1) is 0 Å². The normalized spacial score (nSPS) is 17.0. The first kappa shape index (κ1) is 14.3. The lowest BCUT2D eigenvalue weighted by Crippen LogP contribution is -2.26. The monoisotopic (exact) mass is 313 g/mol. The summed E-state index contributed by atoms with van der Waals surface area (Å²) in [6.45, 7) is 0. The highest BCUT2D eigenvalue weighted by Gasteiger charge is 2.38. The van der Waals surface area contributed by atoms with Gasteiger partial charge < -0.3 is 0 Å². The molecule has 4 heteroatoms. The Balaban J connectivity index is 1.83. The minimum Gasteiger partial charge on any atom is -0.271 e. The Morgan fingerprint density at radius 3 is 2.08 bits per heavy atom. The first-order valence-electron chi connectivity index (χ1n) is 7.77. The summed E-state index contributed by atoms with van der Waals surface area (Å²) >= 11 is 0. The standard InChI is InChI=1S/C20H15N3O/c24-20-18(15-7-3-1-4-8-15)19(16-11-13-21-14-12-16)22-23(20)17-9-5-2-6-10-17/h1-14,18H. The van der Waals surface area contributed by atoms with Gasteiger partial charge in [0.25, 0.3) is 5.91 Å². The van der Waals surface area contributed by atoms with Gasteiger partial charge in [0, 0.05) is 18.0 Å². The Morgan fingerprint density at radius 1 is 0.792 bits per heavy atom. The summed E-state index contributed by atoms with van der Waals surface area (Å²) in [6, 6.07) is 23.0. The number of hydrogen-bond donors (Lipinski definition) is 0. The van der Waals surface area contributed by atoms with Crippen LogP contribution < -0.4 is 5.01 Å². The summed E-state index contributed by atoms with van der Waals surface area (Å²) in [7, 11) is 0. The van der Waals surface area contributed by atoms with E-state index in [0.29, 0.717) is 0 Å². The highest BCUT2D eigenvalue weighted by atomic mass is 16.2. The minimum atomic E-state index is -0.409. The SMILES string of the molecule is O=C1C(c2ccccc2)C(c2ccncc2)=NN1c1ccccc1. The van der Waals surface area contributed by atoms with E-state index in [-0.39, 0.29) is 5.91 Å². The Morgan fingerprint density at radius 2 is 1.42 bits per heavy atom. The molecule has 1 aliphatic rings. The molecule has 0 N–H and O–H groups in total. The van der Waals surface area contributed by atoms with Gasteiger partial charge in [0.15, 0.2) is 0 Å². The fraction of sp³-hybridized carbons (Fsp3) is 0.0500. The molecule has 2 aromatic carbocycles. The van der Waals surface area contributed by atoms with Gasteiger partial charge in [-0.1, -0.05) is 48.5 Å². The van der Waals surface area contributed by atoms with Crippen molar-refractivity contribution >= 4 is 17.3 Å². The van der Waals surface area contributed by atoms with E-state index in [0.717, 1.165) is 22.5 Å². The molecular weight excluding hydrogens is 298 g/mol. The van der Waals surface area contributed by atoms with E-state index in [2.05, 4.69) is 10.1 Å². The van der Waals surface area contributed by atoms with Crippen LogP contribution >= 0.6 is 0 Å². The van der Waals surface area contributed by atoms with Crippen LogP contribution in [-0.4, -0.2) is 16.6 Å². The summed E-state index contributed by atoms with van der Waals surface area (Å²) in [5.74, 6) is -0.451. The Labute approximate surface area is 140 Å². The number of nitrogens with zero attached hydrogens (tertiary/aromatic N) is 3. The predicted molar refractivity (Wildman–Crippen MR) is 93.9 cm³/mol. The minimum absolute atomic E-state index is 0.0424. The summed E-state index contributed by atoms with van der Waals surface area (Å²) in [4.78, 5) is 17.1. The van der Waals surface area contributed by atoms with Gasteiger partial charge in [-0.05, 0) is 29.8 Å². The second-order valence-electron chi connectivity index (χ2n) is 5.55. The molecular formula is C20H15N3O. The number of carbonyl (C=O) groups excluding carboxylic acids is 1. The second-order valence-corrected chi connectivity index (χ2v) is 5.55. The van der Waals surface area contributed by atoms with Crippen LogP contribution in [0.1, 0.15) is 17.0 Å². The first-order chi connectivity index (χ1) is 11.8. The molecule has 1 unspecified atom stereocenters. The van der Waals surface area contributed by atoms with E-state index in [1.165, 1.54) is 5.01 Å². The van der Waals surface area contributed by atoms with Crippen LogP contribution in [0.25, 0.3) is 0 Å². The van der Waals surface area contributed by atoms with Crippen molar-refractivity contribution in [3.8, 4) is 0 Å². The van der Waals surface area contributed by atoms with Gasteiger partial charge >= 0.3 is 0 Å². The van der Waals surface area contributed by atoms with Gasteiger partial charge in [-0.2, -0.15) is 10.1 Å². The number of aromatic nitrogens is 1. The fourth-order valence-electron chi connectivity index (χ4n) is 2.90. The molecule has 116 valence electrons. The number of para-hydroxylation sites is 1. The van der Waals surface area contributed by atoms with Crippen LogP contribution in [0.3, 0.4) is 0 Å². The molecule has 0 radical (unpaired) electrons. The fourth-order valence-corrected chi connectivity index (χ4v) is 2.90. The molecule has 2 heterocycles. The summed E-state index contributed by atoms with van der Waals surface area (Å²) < 4.78 is 0. The lowest BCUT2D eigenvalue weighted by atomic mass is 9.90. The van der Waals surface area contributed by atoms with Crippen molar-refractivity contribution < 1.29 is 4.79 Å². The molecule has 1 amide bonds. The lowest BCUT2D eigenvalue weighted by Gasteiger charge is -2.14. The van der Waals surface area contributed by atoms with E-state index in [9.17, 15) is 4.79 Å². The smallest absolute Gasteiger partial charge is 0.261 e. The number of amides is 1. The number of benzene rings is 2. The van der Waals surface area contributed by atoms with E-state index in [1.54, 1.807) is 12.4 Å². The molecule has 0 fully saturated rings. The zero-order valence-corrected chi connectivity index (χ0v) is 12.9. The van der Waals surface area contributed by atoms with Crippen molar-refractivity contribution in [3.05, 3.63) is 96.3 Å². The van der Waals surface area contributed by atoms with Gasteiger partial charge in [-0.25, -0.2) is 0 Å². The Bertz CT molecular complexity index is 877. The van der Waals surface area contributed by atoms with Crippen molar-refractivity contribution in [2.75, 3.05) is 5.01 Å². The van der Waals surface area contributed by atoms with Crippen LogP contribution in [0.15, 0.2) is 90.3 Å². The Kier molecular flexibility index (Phi) is 3.63. The number of carbonyl (C=O) groups is 1. The highest BCUT2D eigenvalue weighted by molar-refractivity contribution is 6.25. The number of rotatable bonds is 3. The molecule has 0 spiro atoms. The molecule has 0 bridgehead atoms. The average Bonchev–Trinajstić information content (AvgIpc) is 3.01. The van der Waals surface area contributed by atoms with Crippen molar-refractivity contribution in [2.24, 2.45) is 5.10 Å². The molecule has 0 aliphatic carbocycles. The van der Waals surface area contributed by atoms with Crippen molar-refractivity contribution in [1.82, 2.24) is 4.98 Å². The molecule has 3 aromatic rings. The number of hydrogen-bond acceptors (Lipinski definition) is 3. The molecule has 1 atom stereocenters. The molecule has 0 saturated heterocycles. The predicted octanol–water partition coefficient (Wildman–Crippen LogP) is 3.62. The molecule has 1 aromatic heterocycles. The van der Waals surface area contributed by atoms with Crippen LogP contribution in [0.4, 0.5) is 5.69 Å². The maximum absolute atomic E-state index is 13.1. The third-order valence-electron chi connectivity index (χ3n) is 4.05. The molecule has 24 heavy (non-hydrogen) atoms. The van der Waals surface area contributed by atoms with Crippen LogP contribution in [-0.2, 0) is 4.79 Å². The lowest BCUT2D eigenvalue weighted by molar-refractivity contribution is -0.118. The van der Waals surface area contributed by atoms with Gasteiger partial charge in [0.05, 0.1) is 11.4 Å². The van der Waals surface area contributed by atoms with Crippen LogP contribution in [0, 0.1) is 0 Å². The van der Waals surface area contributed by atoms with Gasteiger partial charge in [-0.3, -0.25) is 9.78 Å². The van der Waals surface area contributed by atoms with E-state index < -0.39 is 5.92 Å². The largest absolute Gasteiger partial charge is 0.271 e. The second kappa shape index (κ2) is 6.08. The summed E-state index contributed by atoms with van der Waals surface area (Å²) in [6.07, 6.45) is 3.44. The number of pyridine rings is 1. The number of anilines is 1. The molecule has 4 nitrogen and oxygen atoms in total. The quantitative estimate of drug-likeness (QED) is 0.741. The topological polar surface area (TPSA) is 45.6 Å². The van der Waals surface area contributed by atoms with Crippen molar-refractivity contribution in [1.29, 1.82) is 0 Å². The average molecular weight is 313 g/mol. The maximum Gasteiger partial charge on any atom is 0.261 e. The zero-order valence-electron chi connectivity index (χ0n) is 12.9. The Hall–Kier alpha value is -3.27. The van der Waals surface area contributed by atoms with Gasteiger partial charge in [0.2, 0.25) is 0 Å².